The molecule has 0 radical (unpaired) electrons. The molecule has 23 heavy (non-hydrogen) atoms. The minimum atomic E-state index is -1.47. The molecule has 0 amide bonds. The van der Waals surface area contributed by atoms with Gasteiger partial charge >= 0.3 is 0 Å². The summed E-state index contributed by atoms with van der Waals surface area (Å²) >= 11 is 0. The number of fused-ring (bicyclic) bond motifs is 2. The number of rotatable bonds is 2. The van der Waals surface area contributed by atoms with E-state index in [9.17, 15) is 0 Å². The van der Waals surface area contributed by atoms with Gasteiger partial charge in [-0.05, 0) is 58.0 Å². The zero-order chi connectivity index (χ0) is 16.2. The van der Waals surface area contributed by atoms with Crippen LogP contribution in [0, 0.1) is 11.8 Å². The lowest BCUT2D eigenvalue weighted by Gasteiger charge is -2.41. The number of benzene rings is 2. The van der Waals surface area contributed by atoms with Crippen LogP contribution >= 0.6 is 0 Å². The van der Waals surface area contributed by atoms with Crippen molar-refractivity contribution in [2.24, 2.45) is 11.8 Å². The molecule has 0 saturated carbocycles. The van der Waals surface area contributed by atoms with Crippen molar-refractivity contribution in [1.82, 2.24) is 0 Å². The van der Waals surface area contributed by atoms with Crippen molar-refractivity contribution < 1.29 is 0 Å². The van der Waals surface area contributed by atoms with Crippen LogP contribution in [0.5, 0.6) is 0 Å². The van der Waals surface area contributed by atoms with E-state index < -0.39 is 8.07 Å². The molecule has 2 aromatic carbocycles. The third kappa shape index (κ3) is 2.24. The first-order valence-corrected chi connectivity index (χ1v) is 12.3. The van der Waals surface area contributed by atoms with Crippen molar-refractivity contribution in [3.63, 3.8) is 0 Å². The summed E-state index contributed by atoms with van der Waals surface area (Å²) in [5.41, 5.74) is 8.19. The van der Waals surface area contributed by atoms with Crippen LogP contribution in [0.15, 0.2) is 48.5 Å². The molecule has 120 valence electrons. The summed E-state index contributed by atoms with van der Waals surface area (Å²) in [4.78, 5) is 0. The summed E-state index contributed by atoms with van der Waals surface area (Å²) in [6.07, 6.45) is 2.56. The average Bonchev–Trinajstić information content (AvgIpc) is 3.02. The zero-order valence-electron chi connectivity index (χ0n) is 14.8. The van der Waals surface area contributed by atoms with Gasteiger partial charge in [0.2, 0.25) is 0 Å². The average molecular weight is 321 g/mol. The lowest BCUT2D eigenvalue weighted by molar-refractivity contribution is 0.543. The first kappa shape index (κ1) is 15.2. The Labute approximate surface area is 142 Å². The minimum absolute atomic E-state index is 0.800. The topological polar surface area (TPSA) is 0 Å². The maximum absolute atomic E-state index is 2.67. The Morgan fingerprint density at radius 2 is 1.09 bits per heavy atom. The second-order valence-electron chi connectivity index (χ2n) is 8.54. The first-order chi connectivity index (χ1) is 11.0. The molecule has 0 saturated heterocycles. The molecule has 0 N–H and O–H groups in total. The predicted molar refractivity (Wildman–Crippen MR) is 102 cm³/mol. The third-order valence-corrected chi connectivity index (χ3v) is 11.6. The van der Waals surface area contributed by atoms with Crippen LogP contribution in [-0.4, -0.2) is 8.07 Å². The third-order valence-electron chi connectivity index (χ3n) is 6.61. The van der Waals surface area contributed by atoms with Gasteiger partial charge in [0.25, 0.3) is 0 Å². The smallest absolute Gasteiger partial charge is 0.0634 e. The molecule has 4 atom stereocenters. The molecule has 0 heterocycles. The second kappa shape index (κ2) is 5.34. The molecule has 0 aliphatic heterocycles. The Morgan fingerprint density at radius 1 is 0.696 bits per heavy atom. The van der Waals surface area contributed by atoms with Crippen LogP contribution < -0.4 is 0 Å². The van der Waals surface area contributed by atoms with E-state index in [0.29, 0.717) is 0 Å². The summed E-state index contributed by atoms with van der Waals surface area (Å²) in [6.45, 7) is 10.3. The highest BCUT2D eigenvalue weighted by Gasteiger charge is 2.50. The standard InChI is InChI=1S/C22H28Si/c1-15-13-17-9-5-7-11-19(17)21(15)23(3,4)22-16(2)14-18-10-6-8-12-20(18)22/h5-12,15-16,21-22H,13-14H2,1-4H3. The molecule has 1 heteroatoms. The van der Waals surface area contributed by atoms with Gasteiger partial charge in [0.15, 0.2) is 0 Å². The Bertz CT molecular complexity index is 669. The molecule has 2 aliphatic carbocycles. The maximum Gasteiger partial charge on any atom is 0.0634 e. The Morgan fingerprint density at radius 3 is 1.52 bits per heavy atom. The molecular weight excluding hydrogens is 292 g/mol. The largest absolute Gasteiger partial charge is 0.0684 e. The van der Waals surface area contributed by atoms with Crippen molar-refractivity contribution in [3.8, 4) is 0 Å². The molecule has 2 aromatic rings. The van der Waals surface area contributed by atoms with Crippen LogP contribution in [0.25, 0.3) is 0 Å². The molecular formula is C22H28Si. The van der Waals surface area contributed by atoms with Crippen LogP contribution in [-0.2, 0) is 12.8 Å². The van der Waals surface area contributed by atoms with E-state index in [1.54, 1.807) is 22.3 Å². The highest BCUT2D eigenvalue weighted by molar-refractivity contribution is 6.80. The van der Waals surface area contributed by atoms with Crippen molar-refractivity contribution >= 4 is 8.07 Å². The maximum atomic E-state index is 2.67. The van der Waals surface area contributed by atoms with Gasteiger partial charge in [-0.2, -0.15) is 0 Å². The quantitative estimate of drug-likeness (QED) is 0.620. The van der Waals surface area contributed by atoms with Crippen molar-refractivity contribution in [2.75, 3.05) is 0 Å². The lowest BCUT2D eigenvalue weighted by Crippen LogP contribution is -2.45. The van der Waals surface area contributed by atoms with Crippen LogP contribution in [0.1, 0.15) is 47.2 Å². The predicted octanol–water partition coefficient (Wildman–Crippen LogP) is 5.73. The van der Waals surface area contributed by atoms with Crippen molar-refractivity contribution in [2.45, 2.75) is 50.9 Å². The van der Waals surface area contributed by atoms with Gasteiger partial charge in [0.1, 0.15) is 0 Å². The summed E-state index contributed by atoms with van der Waals surface area (Å²) in [7, 11) is -1.47. The minimum Gasteiger partial charge on any atom is -0.0684 e. The molecule has 4 unspecified atom stereocenters. The fourth-order valence-electron chi connectivity index (χ4n) is 6.05. The molecule has 0 spiro atoms. The van der Waals surface area contributed by atoms with Gasteiger partial charge in [-0.25, -0.2) is 0 Å². The number of hydrogen-bond acceptors (Lipinski definition) is 0. The van der Waals surface area contributed by atoms with Crippen molar-refractivity contribution in [3.05, 3.63) is 70.8 Å². The highest BCUT2D eigenvalue weighted by atomic mass is 28.3. The summed E-state index contributed by atoms with van der Waals surface area (Å²) < 4.78 is 0. The van der Waals surface area contributed by atoms with Crippen molar-refractivity contribution in [1.29, 1.82) is 0 Å². The fourth-order valence-corrected chi connectivity index (χ4v) is 11.8. The van der Waals surface area contributed by atoms with E-state index in [4.69, 9.17) is 0 Å². The van der Waals surface area contributed by atoms with Crippen LogP contribution in [0.2, 0.25) is 13.1 Å². The van der Waals surface area contributed by atoms with E-state index in [-0.39, 0.29) is 0 Å². The fraction of sp³-hybridized carbons (Fsp3) is 0.455. The molecule has 0 bridgehead atoms. The lowest BCUT2D eigenvalue weighted by atomic mass is 10.1. The van der Waals surface area contributed by atoms with E-state index in [1.807, 2.05) is 0 Å². The van der Waals surface area contributed by atoms with Crippen LogP contribution in [0.3, 0.4) is 0 Å². The zero-order valence-corrected chi connectivity index (χ0v) is 15.8. The SMILES string of the molecule is CC1Cc2ccccc2C1[Si](C)(C)C1c2ccccc2CC1C. The first-order valence-electron chi connectivity index (χ1n) is 9.15. The molecule has 2 aliphatic rings. The second-order valence-corrected chi connectivity index (χ2v) is 13.4. The van der Waals surface area contributed by atoms with E-state index >= 15 is 0 Å². The van der Waals surface area contributed by atoms with Gasteiger partial charge in [0.05, 0.1) is 8.07 Å². The summed E-state index contributed by atoms with van der Waals surface area (Å²) in [5, 5.41) is 0. The summed E-state index contributed by atoms with van der Waals surface area (Å²) in [6, 6.07) is 18.5. The molecule has 0 nitrogen and oxygen atoms in total. The molecule has 0 fully saturated rings. The van der Waals surface area contributed by atoms with E-state index in [1.165, 1.54) is 12.8 Å². The monoisotopic (exact) mass is 320 g/mol. The Balaban J connectivity index is 1.79. The van der Waals surface area contributed by atoms with E-state index in [2.05, 4.69) is 75.5 Å². The normalized spacial score (nSPS) is 29.4. The highest BCUT2D eigenvalue weighted by Crippen LogP contribution is 2.53. The van der Waals surface area contributed by atoms with Gasteiger partial charge in [0, 0.05) is 0 Å². The summed E-state index contributed by atoms with van der Waals surface area (Å²) in [5.74, 6) is 1.60. The Hall–Kier alpha value is -1.34. The van der Waals surface area contributed by atoms with Gasteiger partial charge in [-0.3, -0.25) is 0 Å². The van der Waals surface area contributed by atoms with Gasteiger partial charge in [-0.15, -0.1) is 0 Å². The van der Waals surface area contributed by atoms with Gasteiger partial charge < -0.3 is 0 Å². The van der Waals surface area contributed by atoms with Crippen LogP contribution in [0.4, 0.5) is 0 Å². The number of hydrogen-bond donors (Lipinski definition) is 0. The molecule has 0 aromatic heterocycles. The Kier molecular flexibility index (Phi) is 3.53. The van der Waals surface area contributed by atoms with Gasteiger partial charge in [-0.1, -0.05) is 75.5 Å². The molecule has 4 rings (SSSR count). The van der Waals surface area contributed by atoms with E-state index in [0.717, 1.165) is 22.9 Å².